The highest BCUT2D eigenvalue weighted by Crippen LogP contribution is 2.26. The van der Waals surface area contributed by atoms with Crippen molar-refractivity contribution in [2.45, 2.75) is 6.92 Å². The summed E-state index contributed by atoms with van der Waals surface area (Å²) in [4.78, 5) is 23.4. The van der Waals surface area contributed by atoms with Crippen molar-refractivity contribution in [3.8, 4) is 0 Å². The summed E-state index contributed by atoms with van der Waals surface area (Å²) < 4.78 is 0.740. The first kappa shape index (κ1) is 13.8. The van der Waals surface area contributed by atoms with Crippen molar-refractivity contribution in [1.82, 2.24) is 0 Å². The Morgan fingerprint density at radius 1 is 1.26 bits per heavy atom. The number of nitrogens with two attached hydrogens (primary N) is 1. The second-order valence-corrected chi connectivity index (χ2v) is 5.63. The van der Waals surface area contributed by atoms with Gasteiger partial charge in [0.15, 0.2) is 0 Å². The zero-order valence-electron chi connectivity index (χ0n) is 10.1. The summed E-state index contributed by atoms with van der Waals surface area (Å²) in [5.74, 6) is -0.833. The average Bonchev–Trinajstić information content (AvgIpc) is 2.80. The van der Waals surface area contributed by atoms with E-state index in [1.54, 1.807) is 23.6 Å². The second kappa shape index (κ2) is 5.54. The normalized spacial score (nSPS) is 10.2. The molecule has 0 aliphatic heterocycles. The quantitative estimate of drug-likeness (QED) is 0.902. The molecule has 1 aromatic heterocycles. The molecule has 0 atom stereocenters. The molecule has 2 rings (SSSR count). The Morgan fingerprint density at radius 2 is 2.00 bits per heavy atom. The van der Waals surface area contributed by atoms with Gasteiger partial charge < -0.3 is 11.1 Å². The predicted molar refractivity (Wildman–Crippen MR) is 79.7 cm³/mol. The van der Waals surface area contributed by atoms with E-state index in [4.69, 9.17) is 5.73 Å². The third kappa shape index (κ3) is 2.85. The molecule has 98 valence electrons. The molecule has 0 bridgehead atoms. The average molecular weight is 339 g/mol. The molecule has 0 saturated heterocycles. The number of amides is 2. The van der Waals surface area contributed by atoms with Gasteiger partial charge in [-0.3, -0.25) is 9.59 Å². The zero-order valence-corrected chi connectivity index (χ0v) is 12.5. The van der Waals surface area contributed by atoms with E-state index in [0.717, 1.165) is 10.0 Å². The van der Waals surface area contributed by atoms with Crippen LogP contribution in [0.1, 0.15) is 26.3 Å². The molecule has 4 nitrogen and oxygen atoms in total. The van der Waals surface area contributed by atoms with Crippen LogP contribution < -0.4 is 11.1 Å². The van der Waals surface area contributed by atoms with E-state index < -0.39 is 5.91 Å². The molecule has 0 aliphatic carbocycles. The van der Waals surface area contributed by atoms with Crippen molar-refractivity contribution in [3.05, 3.63) is 50.8 Å². The molecular weight excluding hydrogens is 328 g/mol. The highest BCUT2D eigenvalue weighted by molar-refractivity contribution is 9.10. The minimum atomic E-state index is -0.556. The molecule has 1 heterocycles. The highest BCUT2D eigenvalue weighted by atomic mass is 79.9. The molecule has 0 spiro atoms. The smallest absolute Gasteiger partial charge is 0.257 e. The number of carbonyl (C=O) groups is 2. The second-order valence-electron chi connectivity index (χ2n) is 3.92. The number of anilines is 1. The van der Waals surface area contributed by atoms with E-state index in [1.807, 2.05) is 13.0 Å². The largest absolute Gasteiger partial charge is 0.366 e. The third-order valence-electron chi connectivity index (χ3n) is 2.59. The summed E-state index contributed by atoms with van der Waals surface area (Å²) >= 11 is 4.65. The maximum Gasteiger partial charge on any atom is 0.257 e. The van der Waals surface area contributed by atoms with Crippen LogP contribution in [0, 0.1) is 6.92 Å². The van der Waals surface area contributed by atoms with E-state index in [-0.39, 0.29) is 5.91 Å². The standard InChI is InChI=1S/C13H11BrN2O2S/c1-7-3-2-4-8(10(7)14)12(18)16-13-9(11(15)17)5-6-19-13/h2-6H,1H3,(H2,15,17)(H,16,18). The Hall–Kier alpha value is -1.66. The number of rotatable bonds is 3. The van der Waals surface area contributed by atoms with Crippen molar-refractivity contribution < 1.29 is 9.59 Å². The van der Waals surface area contributed by atoms with Gasteiger partial charge in [-0.05, 0) is 45.9 Å². The van der Waals surface area contributed by atoms with Crippen LogP contribution in [0.3, 0.4) is 0 Å². The molecule has 0 aliphatic rings. The van der Waals surface area contributed by atoms with Gasteiger partial charge in [0.2, 0.25) is 0 Å². The van der Waals surface area contributed by atoms with Gasteiger partial charge in [0.05, 0.1) is 11.1 Å². The molecule has 0 fully saturated rings. The van der Waals surface area contributed by atoms with Gasteiger partial charge in [-0.15, -0.1) is 11.3 Å². The summed E-state index contributed by atoms with van der Waals surface area (Å²) in [6.07, 6.45) is 0. The van der Waals surface area contributed by atoms with Crippen LogP contribution >= 0.6 is 27.3 Å². The molecule has 0 unspecified atom stereocenters. The van der Waals surface area contributed by atoms with Crippen LogP contribution in [0.15, 0.2) is 34.1 Å². The SMILES string of the molecule is Cc1cccc(C(=O)Nc2sccc2C(N)=O)c1Br. The van der Waals surface area contributed by atoms with E-state index in [0.29, 0.717) is 16.1 Å². The summed E-state index contributed by atoms with van der Waals surface area (Å²) in [5.41, 5.74) is 7.04. The number of aryl methyl sites for hydroxylation is 1. The van der Waals surface area contributed by atoms with Gasteiger partial charge in [0.1, 0.15) is 5.00 Å². The molecule has 1 aromatic carbocycles. The summed E-state index contributed by atoms with van der Waals surface area (Å²) in [5, 5.41) is 4.88. The van der Waals surface area contributed by atoms with Gasteiger partial charge in [0, 0.05) is 4.47 Å². The number of hydrogen-bond acceptors (Lipinski definition) is 3. The Balaban J connectivity index is 2.29. The molecule has 3 N–H and O–H groups in total. The monoisotopic (exact) mass is 338 g/mol. The van der Waals surface area contributed by atoms with Crippen molar-refractivity contribution in [3.63, 3.8) is 0 Å². The lowest BCUT2D eigenvalue weighted by molar-refractivity contribution is 0.100. The molecule has 2 aromatic rings. The number of hydrogen-bond donors (Lipinski definition) is 2. The number of carbonyl (C=O) groups excluding carboxylic acids is 2. The zero-order chi connectivity index (χ0) is 14.0. The molecule has 0 radical (unpaired) electrons. The molecular formula is C13H11BrN2O2S. The Kier molecular flexibility index (Phi) is 4.01. The summed E-state index contributed by atoms with van der Waals surface area (Å²) in [6.45, 7) is 1.90. The number of benzene rings is 1. The molecule has 19 heavy (non-hydrogen) atoms. The summed E-state index contributed by atoms with van der Waals surface area (Å²) in [6, 6.07) is 7.01. The van der Waals surface area contributed by atoms with Gasteiger partial charge >= 0.3 is 0 Å². The highest BCUT2D eigenvalue weighted by Gasteiger charge is 2.16. The fraction of sp³-hybridized carbons (Fsp3) is 0.0769. The lowest BCUT2D eigenvalue weighted by Crippen LogP contribution is -2.17. The topological polar surface area (TPSA) is 72.2 Å². The van der Waals surface area contributed by atoms with Gasteiger partial charge in [0.25, 0.3) is 11.8 Å². The molecule has 0 saturated carbocycles. The number of nitrogens with one attached hydrogen (secondary N) is 1. The van der Waals surface area contributed by atoms with Crippen molar-refractivity contribution in [2.75, 3.05) is 5.32 Å². The van der Waals surface area contributed by atoms with Crippen molar-refractivity contribution >= 4 is 44.1 Å². The fourth-order valence-electron chi connectivity index (χ4n) is 1.59. The van der Waals surface area contributed by atoms with Crippen LogP contribution in [-0.4, -0.2) is 11.8 Å². The van der Waals surface area contributed by atoms with Gasteiger partial charge in [-0.1, -0.05) is 12.1 Å². The first-order valence-electron chi connectivity index (χ1n) is 5.44. The Bertz CT molecular complexity index is 652. The van der Waals surface area contributed by atoms with E-state index in [1.165, 1.54) is 11.3 Å². The maximum absolute atomic E-state index is 12.2. The predicted octanol–water partition coefficient (Wildman–Crippen LogP) is 3.17. The van der Waals surface area contributed by atoms with Crippen molar-refractivity contribution in [2.24, 2.45) is 5.73 Å². The van der Waals surface area contributed by atoms with Gasteiger partial charge in [-0.25, -0.2) is 0 Å². The first-order chi connectivity index (χ1) is 9.00. The van der Waals surface area contributed by atoms with Crippen LogP contribution in [-0.2, 0) is 0 Å². The van der Waals surface area contributed by atoms with E-state index in [9.17, 15) is 9.59 Å². The third-order valence-corrected chi connectivity index (χ3v) is 4.48. The van der Waals surface area contributed by atoms with Crippen LogP contribution in [0.25, 0.3) is 0 Å². The number of thiophene rings is 1. The van der Waals surface area contributed by atoms with Crippen LogP contribution in [0.4, 0.5) is 5.00 Å². The molecule has 6 heteroatoms. The van der Waals surface area contributed by atoms with E-state index in [2.05, 4.69) is 21.2 Å². The number of primary amides is 1. The van der Waals surface area contributed by atoms with Crippen molar-refractivity contribution in [1.29, 1.82) is 0 Å². The van der Waals surface area contributed by atoms with Crippen LogP contribution in [0.5, 0.6) is 0 Å². The minimum absolute atomic E-state index is 0.277. The van der Waals surface area contributed by atoms with Gasteiger partial charge in [-0.2, -0.15) is 0 Å². The Labute approximate surface area is 122 Å². The van der Waals surface area contributed by atoms with E-state index >= 15 is 0 Å². The molecule has 2 amide bonds. The lowest BCUT2D eigenvalue weighted by Gasteiger charge is -2.08. The fourth-order valence-corrected chi connectivity index (χ4v) is 2.83. The number of halogens is 1. The minimum Gasteiger partial charge on any atom is -0.366 e. The maximum atomic E-state index is 12.2. The first-order valence-corrected chi connectivity index (χ1v) is 7.11. The van der Waals surface area contributed by atoms with Crippen LogP contribution in [0.2, 0.25) is 0 Å². The Morgan fingerprint density at radius 3 is 2.68 bits per heavy atom. The summed E-state index contributed by atoms with van der Waals surface area (Å²) in [7, 11) is 0. The lowest BCUT2D eigenvalue weighted by atomic mass is 10.1.